The van der Waals surface area contributed by atoms with Gasteiger partial charge in [-0.25, -0.2) is 4.98 Å². The number of rotatable bonds is 5. The molecule has 8 nitrogen and oxygen atoms in total. The minimum absolute atomic E-state index is 0.0132. The fourth-order valence-electron chi connectivity index (χ4n) is 5.48. The van der Waals surface area contributed by atoms with Gasteiger partial charge in [0.25, 0.3) is 0 Å². The van der Waals surface area contributed by atoms with Crippen LogP contribution in [0, 0.1) is 24.7 Å². The number of nitrogens with one attached hydrogen (secondary N) is 1. The Hall–Kier alpha value is -2.00. The largest absolute Gasteiger partial charge is 0.381 e. The van der Waals surface area contributed by atoms with E-state index in [9.17, 15) is 9.90 Å². The molecule has 0 aromatic carbocycles. The normalized spacial score (nSPS) is 28.5. The van der Waals surface area contributed by atoms with Gasteiger partial charge in [0.2, 0.25) is 12.3 Å². The zero-order valence-corrected chi connectivity index (χ0v) is 19.4. The van der Waals surface area contributed by atoms with Crippen molar-refractivity contribution in [3.05, 3.63) is 35.9 Å². The molecule has 4 heterocycles. The molecule has 0 radical (unpaired) electrons. The molecule has 4 atom stereocenters. The summed E-state index contributed by atoms with van der Waals surface area (Å²) in [7, 11) is 0. The lowest BCUT2D eigenvalue weighted by atomic mass is 9.88. The number of aliphatic hydroxyl groups is 1. The second-order valence-electron chi connectivity index (χ2n) is 10.6. The molecule has 0 bridgehead atoms. The molecule has 2 aliphatic heterocycles. The van der Waals surface area contributed by atoms with Crippen LogP contribution < -0.4 is 5.32 Å². The monoisotopic (exact) mass is 442 g/mol. The first-order chi connectivity index (χ1) is 15.2. The van der Waals surface area contributed by atoms with Crippen molar-refractivity contribution in [1.29, 1.82) is 0 Å². The number of aliphatic hydroxyl groups excluding tert-OH is 1. The van der Waals surface area contributed by atoms with Crippen LogP contribution in [0.5, 0.6) is 0 Å². The maximum Gasteiger partial charge on any atom is 0.224 e. The Morgan fingerprint density at radius 2 is 2.00 bits per heavy atom. The van der Waals surface area contributed by atoms with Crippen molar-refractivity contribution in [2.24, 2.45) is 17.8 Å². The van der Waals surface area contributed by atoms with Crippen LogP contribution in [0.15, 0.2) is 24.5 Å². The molecule has 5 rings (SSSR count). The standard InChI is InChI=1S/C24H34N4O4/c1-15-6-5-9-28-18(15)12-25-21(28)24(7-10-31-11-8-24)26-20(29)19-16-13-27(14-17(16)19)22(30)32-23(2,3)4/h5-6,9,12,16-17,19,22,30H,7-8,10-11,13-14H2,1-4H3,(H,26,29)/t16-,17+,19+,22?. The van der Waals surface area contributed by atoms with Crippen LogP contribution in [0.3, 0.4) is 0 Å². The number of carbonyl (C=O) groups is 1. The number of fused-ring (bicyclic) bond motifs is 2. The molecule has 0 spiro atoms. The van der Waals surface area contributed by atoms with Gasteiger partial charge in [-0.15, -0.1) is 0 Å². The van der Waals surface area contributed by atoms with E-state index in [1.807, 2.05) is 44.1 Å². The molecule has 2 N–H and O–H groups in total. The molecule has 1 unspecified atom stereocenters. The third-order valence-electron chi connectivity index (χ3n) is 7.22. The van der Waals surface area contributed by atoms with E-state index in [4.69, 9.17) is 14.5 Å². The topological polar surface area (TPSA) is 88.3 Å². The Labute approximate surface area is 188 Å². The van der Waals surface area contributed by atoms with Gasteiger partial charge in [0.1, 0.15) is 11.4 Å². The van der Waals surface area contributed by atoms with E-state index >= 15 is 0 Å². The van der Waals surface area contributed by atoms with Gasteiger partial charge in [-0.3, -0.25) is 9.69 Å². The van der Waals surface area contributed by atoms with Crippen LogP contribution in [-0.2, 0) is 19.8 Å². The molecule has 8 heteroatoms. The lowest BCUT2D eigenvalue weighted by molar-refractivity contribution is -0.236. The van der Waals surface area contributed by atoms with Crippen molar-refractivity contribution in [2.75, 3.05) is 26.3 Å². The van der Waals surface area contributed by atoms with Gasteiger partial charge in [-0.2, -0.15) is 0 Å². The van der Waals surface area contributed by atoms with Crippen LogP contribution in [0.1, 0.15) is 45.0 Å². The van der Waals surface area contributed by atoms with Gasteiger partial charge in [0.05, 0.1) is 17.3 Å². The number of likely N-dealkylation sites (tertiary alicyclic amines) is 1. The summed E-state index contributed by atoms with van der Waals surface area (Å²) in [5, 5.41) is 13.8. The average Bonchev–Trinajstić information content (AvgIpc) is 3.05. The zero-order valence-electron chi connectivity index (χ0n) is 19.4. The van der Waals surface area contributed by atoms with Crippen LogP contribution in [-0.4, -0.2) is 63.6 Å². The summed E-state index contributed by atoms with van der Waals surface area (Å²) in [5.74, 6) is 1.50. The minimum Gasteiger partial charge on any atom is -0.381 e. The molecule has 32 heavy (non-hydrogen) atoms. The number of hydrogen-bond donors (Lipinski definition) is 2. The van der Waals surface area contributed by atoms with Crippen molar-refractivity contribution < 1.29 is 19.4 Å². The van der Waals surface area contributed by atoms with Crippen LogP contribution >= 0.6 is 0 Å². The van der Waals surface area contributed by atoms with E-state index < -0.39 is 17.6 Å². The van der Waals surface area contributed by atoms with E-state index in [1.54, 1.807) is 0 Å². The van der Waals surface area contributed by atoms with Crippen molar-refractivity contribution in [1.82, 2.24) is 19.6 Å². The Bertz CT molecular complexity index is 995. The third-order valence-corrected chi connectivity index (χ3v) is 7.22. The first-order valence-electron chi connectivity index (χ1n) is 11.6. The number of imidazole rings is 1. The number of pyridine rings is 1. The first kappa shape index (κ1) is 21.8. The first-order valence-corrected chi connectivity index (χ1v) is 11.6. The molecule has 1 aliphatic carbocycles. The average molecular weight is 443 g/mol. The SMILES string of the molecule is Cc1cccn2c(C3(NC(=O)[C@H]4[C@@H]5CN(C(O)OC(C)(C)C)C[C@@H]54)CCOCC3)ncc12. The number of aryl methyl sites for hydroxylation is 1. The lowest BCUT2D eigenvalue weighted by Crippen LogP contribution is -2.52. The Kier molecular flexibility index (Phi) is 5.32. The fourth-order valence-corrected chi connectivity index (χ4v) is 5.48. The van der Waals surface area contributed by atoms with Crippen molar-refractivity contribution >= 4 is 11.4 Å². The van der Waals surface area contributed by atoms with E-state index in [2.05, 4.69) is 22.7 Å². The quantitative estimate of drug-likeness (QED) is 0.689. The van der Waals surface area contributed by atoms with Crippen LogP contribution in [0.25, 0.3) is 5.52 Å². The van der Waals surface area contributed by atoms with Crippen LogP contribution in [0.4, 0.5) is 0 Å². The predicted molar refractivity (Wildman–Crippen MR) is 119 cm³/mol. The summed E-state index contributed by atoms with van der Waals surface area (Å²) in [4.78, 5) is 20.1. The minimum atomic E-state index is -0.923. The van der Waals surface area contributed by atoms with Gasteiger partial charge in [0.15, 0.2) is 0 Å². The smallest absolute Gasteiger partial charge is 0.224 e. The van der Waals surface area contributed by atoms with Gasteiger partial charge < -0.3 is 24.3 Å². The fraction of sp³-hybridized carbons (Fsp3) is 0.667. The molecule has 2 aromatic heterocycles. The lowest BCUT2D eigenvalue weighted by Gasteiger charge is -2.37. The summed E-state index contributed by atoms with van der Waals surface area (Å²) >= 11 is 0. The van der Waals surface area contributed by atoms with Crippen molar-refractivity contribution in [2.45, 2.75) is 58.1 Å². The van der Waals surface area contributed by atoms with Gasteiger partial charge in [0, 0.05) is 51.3 Å². The molecule has 3 aliphatic rings. The second kappa shape index (κ2) is 7.80. The summed E-state index contributed by atoms with van der Waals surface area (Å²) in [6, 6.07) is 4.10. The highest BCUT2D eigenvalue weighted by molar-refractivity contribution is 5.83. The zero-order chi connectivity index (χ0) is 22.7. The van der Waals surface area contributed by atoms with Crippen molar-refractivity contribution in [3.8, 4) is 0 Å². The Morgan fingerprint density at radius 1 is 1.31 bits per heavy atom. The van der Waals surface area contributed by atoms with E-state index in [-0.39, 0.29) is 23.7 Å². The number of carbonyl (C=O) groups excluding carboxylic acids is 1. The maximum absolute atomic E-state index is 13.4. The Morgan fingerprint density at radius 3 is 2.66 bits per heavy atom. The number of ether oxygens (including phenoxy) is 2. The summed E-state index contributed by atoms with van der Waals surface area (Å²) < 4.78 is 13.4. The van der Waals surface area contributed by atoms with Gasteiger partial charge in [-0.1, -0.05) is 6.07 Å². The summed E-state index contributed by atoms with van der Waals surface area (Å²) in [6.45, 7) is 10.4. The number of nitrogens with zero attached hydrogens (tertiary/aromatic N) is 3. The van der Waals surface area contributed by atoms with E-state index in [1.165, 1.54) is 0 Å². The third kappa shape index (κ3) is 3.83. The van der Waals surface area contributed by atoms with Crippen molar-refractivity contribution in [3.63, 3.8) is 0 Å². The molecule has 2 aromatic rings. The van der Waals surface area contributed by atoms with E-state index in [0.29, 0.717) is 39.1 Å². The number of piperidine rings is 1. The highest BCUT2D eigenvalue weighted by Crippen LogP contribution is 2.52. The molecule has 1 amide bonds. The number of amides is 1. The predicted octanol–water partition coefficient (Wildman–Crippen LogP) is 2.03. The molecule has 3 fully saturated rings. The molecular formula is C24H34N4O4. The Balaban J connectivity index is 1.30. The summed E-state index contributed by atoms with van der Waals surface area (Å²) in [5.41, 5.74) is 1.28. The second-order valence-corrected chi connectivity index (χ2v) is 10.6. The molecule has 1 saturated carbocycles. The number of hydrogen-bond acceptors (Lipinski definition) is 6. The summed E-state index contributed by atoms with van der Waals surface area (Å²) in [6.07, 6.45) is 4.41. The maximum atomic E-state index is 13.4. The highest BCUT2D eigenvalue weighted by Gasteiger charge is 2.61. The molecule has 2 saturated heterocycles. The highest BCUT2D eigenvalue weighted by atomic mass is 16.6. The van der Waals surface area contributed by atoms with Crippen LogP contribution in [0.2, 0.25) is 0 Å². The molecular weight excluding hydrogens is 408 g/mol. The van der Waals surface area contributed by atoms with Gasteiger partial charge in [-0.05, 0) is 51.2 Å². The van der Waals surface area contributed by atoms with E-state index in [0.717, 1.165) is 16.9 Å². The number of aromatic nitrogens is 2. The molecule has 174 valence electrons. The van der Waals surface area contributed by atoms with Gasteiger partial charge >= 0.3 is 0 Å².